The van der Waals surface area contributed by atoms with Crippen molar-refractivity contribution in [3.63, 3.8) is 0 Å². The van der Waals surface area contributed by atoms with E-state index in [9.17, 15) is 4.79 Å². The number of hydrogen-bond donors (Lipinski definition) is 1. The molecule has 1 atom stereocenters. The molecule has 1 unspecified atom stereocenters. The molecule has 0 aliphatic heterocycles. The molecule has 0 aliphatic rings. The first-order valence-electron chi connectivity index (χ1n) is 6.89. The summed E-state index contributed by atoms with van der Waals surface area (Å²) in [6, 6.07) is 13.2. The molecule has 0 fully saturated rings. The summed E-state index contributed by atoms with van der Waals surface area (Å²) < 4.78 is 0. The van der Waals surface area contributed by atoms with Crippen LogP contribution in [0.3, 0.4) is 0 Å². The largest absolute Gasteiger partial charge is 0.318 e. The van der Waals surface area contributed by atoms with Crippen LogP contribution in [0.2, 0.25) is 0 Å². The lowest BCUT2D eigenvalue weighted by molar-refractivity contribution is -0.119. The summed E-state index contributed by atoms with van der Waals surface area (Å²) in [5.74, 6) is 0.0613. The van der Waals surface area contributed by atoms with Gasteiger partial charge in [-0.2, -0.15) is 0 Å². The SMILES string of the molecule is Cc1cc(C)c(CC(=O)C(N)c2ccccc2)c(C)c1. The minimum absolute atomic E-state index is 0.0613. The fourth-order valence-corrected chi connectivity index (χ4v) is 2.62. The third-order valence-electron chi connectivity index (χ3n) is 3.70. The number of Topliss-reactive ketones (excluding diaryl/α,β-unsaturated/α-hetero) is 1. The summed E-state index contributed by atoms with van der Waals surface area (Å²) >= 11 is 0. The normalized spacial score (nSPS) is 12.2. The zero-order chi connectivity index (χ0) is 14.7. The monoisotopic (exact) mass is 267 g/mol. The summed E-state index contributed by atoms with van der Waals surface area (Å²) in [7, 11) is 0. The van der Waals surface area contributed by atoms with E-state index in [4.69, 9.17) is 5.73 Å². The Labute approximate surface area is 120 Å². The molecule has 2 nitrogen and oxygen atoms in total. The first-order chi connectivity index (χ1) is 9.49. The number of carbonyl (C=O) groups is 1. The van der Waals surface area contributed by atoms with Gasteiger partial charge in [0.05, 0.1) is 6.04 Å². The van der Waals surface area contributed by atoms with E-state index in [2.05, 4.69) is 32.9 Å². The molecule has 2 aromatic rings. The van der Waals surface area contributed by atoms with Crippen molar-refractivity contribution in [1.29, 1.82) is 0 Å². The second kappa shape index (κ2) is 6.02. The van der Waals surface area contributed by atoms with Crippen molar-refractivity contribution < 1.29 is 4.79 Å². The Kier molecular flexibility index (Phi) is 4.35. The zero-order valence-electron chi connectivity index (χ0n) is 12.3. The van der Waals surface area contributed by atoms with Gasteiger partial charge in [0.25, 0.3) is 0 Å². The highest BCUT2D eigenvalue weighted by atomic mass is 16.1. The lowest BCUT2D eigenvalue weighted by Crippen LogP contribution is -2.23. The number of aryl methyl sites for hydroxylation is 3. The molecule has 2 heteroatoms. The van der Waals surface area contributed by atoms with Crippen LogP contribution in [-0.4, -0.2) is 5.78 Å². The van der Waals surface area contributed by atoms with Gasteiger partial charge in [0.2, 0.25) is 0 Å². The first-order valence-corrected chi connectivity index (χ1v) is 6.89. The Morgan fingerprint density at radius 2 is 1.60 bits per heavy atom. The summed E-state index contributed by atoms with van der Waals surface area (Å²) in [6.07, 6.45) is 0.397. The molecule has 104 valence electrons. The van der Waals surface area contributed by atoms with Crippen LogP contribution < -0.4 is 5.73 Å². The predicted molar refractivity (Wildman–Crippen MR) is 82.7 cm³/mol. The Hall–Kier alpha value is -1.93. The molecule has 0 bridgehead atoms. The Balaban J connectivity index is 2.20. The molecule has 0 aromatic heterocycles. The van der Waals surface area contributed by atoms with Crippen molar-refractivity contribution in [1.82, 2.24) is 0 Å². The van der Waals surface area contributed by atoms with Gasteiger partial charge in [-0.15, -0.1) is 0 Å². The molecule has 2 aromatic carbocycles. The van der Waals surface area contributed by atoms with Gasteiger partial charge >= 0.3 is 0 Å². The molecule has 0 radical (unpaired) electrons. The van der Waals surface area contributed by atoms with Crippen LogP contribution in [0.4, 0.5) is 0 Å². The first kappa shape index (κ1) is 14.5. The quantitative estimate of drug-likeness (QED) is 0.922. The van der Waals surface area contributed by atoms with Gasteiger partial charge in [-0.25, -0.2) is 0 Å². The van der Waals surface area contributed by atoms with Gasteiger partial charge in [-0.1, -0.05) is 48.0 Å². The standard InChI is InChI=1S/C18H21NO/c1-12-9-13(2)16(14(3)10-12)11-17(20)18(19)15-7-5-4-6-8-15/h4-10,18H,11,19H2,1-3H3. The second-order valence-electron chi connectivity index (χ2n) is 5.41. The summed E-state index contributed by atoms with van der Waals surface area (Å²) in [4.78, 5) is 12.4. The van der Waals surface area contributed by atoms with E-state index in [0.717, 1.165) is 22.3 Å². The number of hydrogen-bond acceptors (Lipinski definition) is 2. The molecule has 0 spiro atoms. The molecule has 0 aliphatic carbocycles. The maximum Gasteiger partial charge on any atom is 0.158 e. The minimum Gasteiger partial charge on any atom is -0.318 e. The number of ketones is 1. The molecule has 20 heavy (non-hydrogen) atoms. The van der Waals surface area contributed by atoms with Crippen LogP contribution in [0.5, 0.6) is 0 Å². The van der Waals surface area contributed by atoms with Crippen molar-refractivity contribution in [2.24, 2.45) is 5.73 Å². The third-order valence-corrected chi connectivity index (χ3v) is 3.70. The van der Waals surface area contributed by atoms with Crippen LogP contribution in [-0.2, 0) is 11.2 Å². The average Bonchev–Trinajstić information content (AvgIpc) is 2.42. The van der Waals surface area contributed by atoms with Crippen molar-refractivity contribution in [2.45, 2.75) is 33.2 Å². The number of carbonyl (C=O) groups excluding carboxylic acids is 1. The van der Waals surface area contributed by atoms with Gasteiger partial charge in [-0.05, 0) is 43.0 Å². The number of rotatable bonds is 4. The second-order valence-corrected chi connectivity index (χ2v) is 5.41. The fourth-order valence-electron chi connectivity index (χ4n) is 2.62. The topological polar surface area (TPSA) is 43.1 Å². The van der Waals surface area contributed by atoms with E-state index in [0.29, 0.717) is 6.42 Å². The van der Waals surface area contributed by atoms with E-state index >= 15 is 0 Å². The highest BCUT2D eigenvalue weighted by Crippen LogP contribution is 2.20. The van der Waals surface area contributed by atoms with Crippen LogP contribution in [0.1, 0.15) is 33.9 Å². The minimum atomic E-state index is -0.545. The smallest absolute Gasteiger partial charge is 0.158 e. The van der Waals surface area contributed by atoms with Crippen LogP contribution in [0.15, 0.2) is 42.5 Å². The van der Waals surface area contributed by atoms with Crippen molar-refractivity contribution >= 4 is 5.78 Å². The van der Waals surface area contributed by atoms with Gasteiger partial charge in [0.15, 0.2) is 5.78 Å². The van der Waals surface area contributed by atoms with E-state index in [1.807, 2.05) is 30.3 Å². The van der Waals surface area contributed by atoms with Crippen LogP contribution in [0.25, 0.3) is 0 Å². The highest BCUT2D eigenvalue weighted by molar-refractivity contribution is 5.87. The molecular weight excluding hydrogens is 246 g/mol. The van der Waals surface area contributed by atoms with Gasteiger partial charge in [-0.3, -0.25) is 4.79 Å². The number of benzene rings is 2. The summed E-state index contributed by atoms with van der Waals surface area (Å²) in [5.41, 5.74) is 11.6. The maximum absolute atomic E-state index is 12.4. The highest BCUT2D eigenvalue weighted by Gasteiger charge is 2.17. The molecule has 2 N–H and O–H groups in total. The number of nitrogens with two attached hydrogens (primary N) is 1. The predicted octanol–water partition coefficient (Wildman–Crippen LogP) is 3.42. The molecule has 0 amide bonds. The van der Waals surface area contributed by atoms with Crippen molar-refractivity contribution in [3.05, 3.63) is 70.3 Å². The molecule has 0 saturated carbocycles. The molecule has 0 heterocycles. The van der Waals surface area contributed by atoms with Crippen molar-refractivity contribution in [3.8, 4) is 0 Å². The fraction of sp³-hybridized carbons (Fsp3) is 0.278. The van der Waals surface area contributed by atoms with E-state index in [-0.39, 0.29) is 5.78 Å². The van der Waals surface area contributed by atoms with Crippen LogP contribution in [0, 0.1) is 20.8 Å². The van der Waals surface area contributed by atoms with E-state index in [1.165, 1.54) is 5.56 Å². The van der Waals surface area contributed by atoms with Gasteiger partial charge < -0.3 is 5.73 Å². The van der Waals surface area contributed by atoms with Crippen molar-refractivity contribution in [2.75, 3.05) is 0 Å². The van der Waals surface area contributed by atoms with E-state index < -0.39 is 6.04 Å². The zero-order valence-corrected chi connectivity index (χ0v) is 12.3. The maximum atomic E-state index is 12.4. The third kappa shape index (κ3) is 3.14. The Bertz CT molecular complexity index is 594. The lowest BCUT2D eigenvalue weighted by Gasteiger charge is -2.14. The lowest BCUT2D eigenvalue weighted by atomic mass is 9.92. The summed E-state index contributed by atoms with van der Waals surface area (Å²) in [6.45, 7) is 6.18. The van der Waals surface area contributed by atoms with Gasteiger partial charge in [0, 0.05) is 6.42 Å². The van der Waals surface area contributed by atoms with E-state index in [1.54, 1.807) is 0 Å². The molecule has 2 rings (SSSR count). The Morgan fingerprint density at radius 3 is 2.15 bits per heavy atom. The Morgan fingerprint density at radius 1 is 1.05 bits per heavy atom. The summed E-state index contributed by atoms with van der Waals surface area (Å²) in [5, 5.41) is 0. The van der Waals surface area contributed by atoms with Crippen LogP contribution >= 0.6 is 0 Å². The molecule has 0 saturated heterocycles. The molecular formula is C18H21NO. The average molecular weight is 267 g/mol. The van der Waals surface area contributed by atoms with Gasteiger partial charge in [0.1, 0.15) is 0 Å².